The molecule has 6 heteroatoms. The number of hydrogen-bond donors (Lipinski definition) is 3. The van der Waals surface area contributed by atoms with Gasteiger partial charge in [0.05, 0.1) is 12.6 Å². The number of rotatable bonds is 6. The maximum atomic E-state index is 11.6. The van der Waals surface area contributed by atoms with Gasteiger partial charge in [-0.1, -0.05) is 37.6 Å². The van der Waals surface area contributed by atoms with E-state index >= 15 is 0 Å². The Balaban J connectivity index is 2.32. The van der Waals surface area contributed by atoms with Crippen molar-refractivity contribution < 1.29 is 9.59 Å². The summed E-state index contributed by atoms with van der Waals surface area (Å²) in [6.45, 7) is 3.98. The molecule has 1 aromatic carbocycles. The molecule has 110 valence electrons. The zero-order valence-electron chi connectivity index (χ0n) is 11.7. The first-order valence-corrected chi connectivity index (χ1v) is 6.82. The van der Waals surface area contributed by atoms with Crippen LogP contribution in [0, 0.1) is 5.92 Å². The molecule has 2 amide bonds. The van der Waals surface area contributed by atoms with Crippen molar-refractivity contribution in [2.24, 2.45) is 11.7 Å². The largest absolute Gasteiger partial charge is 0.350 e. The van der Waals surface area contributed by atoms with E-state index in [1.807, 2.05) is 26.0 Å². The second-order valence-electron chi connectivity index (χ2n) is 4.89. The van der Waals surface area contributed by atoms with Crippen molar-refractivity contribution in [1.29, 1.82) is 0 Å². The van der Waals surface area contributed by atoms with E-state index in [2.05, 4.69) is 10.6 Å². The highest BCUT2D eigenvalue weighted by Crippen LogP contribution is 2.10. The number of benzene rings is 1. The van der Waals surface area contributed by atoms with Crippen LogP contribution in [0.1, 0.15) is 19.4 Å². The lowest BCUT2D eigenvalue weighted by atomic mass is 10.1. The fraction of sp³-hybridized carbons (Fsp3) is 0.429. The van der Waals surface area contributed by atoms with Gasteiger partial charge in [-0.2, -0.15) is 0 Å². The number of hydrogen-bond acceptors (Lipinski definition) is 3. The first-order chi connectivity index (χ1) is 9.40. The lowest BCUT2D eigenvalue weighted by molar-refractivity contribution is -0.127. The minimum absolute atomic E-state index is 0.0320. The molecule has 4 N–H and O–H groups in total. The molecular formula is C14H20ClN3O2. The van der Waals surface area contributed by atoms with Crippen molar-refractivity contribution >= 4 is 23.4 Å². The Bertz CT molecular complexity index is 477. The van der Waals surface area contributed by atoms with E-state index in [1.54, 1.807) is 12.1 Å². The molecule has 5 nitrogen and oxygen atoms in total. The fourth-order valence-electron chi connectivity index (χ4n) is 1.50. The second kappa shape index (κ2) is 7.87. The van der Waals surface area contributed by atoms with E-state index < -0.39 is 6.04 Å². The number of carbonyl (C=O) groups is 2. The van der Waals surface area contributed by atoms with Gasteiger partial charge in [-0.15, -0.1) is 0 Å². The second-order valence-corrected chi connectivity index (χ2v) is 5.33. The minimum atomic E-state index is -0.601. The Hall–Kier alpha value is -1.59. The van der Waals surface area contributed by atoms with E-state index in [-0.39, 0.29) is 24.3 Å². The number of nitrogens with two attached hydrogens (primary N) is 1. The van der Waals surface area contributed by atoms with Crippen LogP contribution in [0.15, 0.2) is 24.3 Å². The fourth-order valence-corrected chi connectivity index (χ4v) is 1.71. The van der Waals surface area contributed by atoms with Crippen LogP contribution in [-0.4, -0.2) is 24.4 Å². The average Bonchev–Trinajstić information content (AvgIpc) is 2.41. The monoisotopic (exact) mass is 297 g/mol. The van der Waals surface area contributed by atoms with Crippen molar-refractivity contribution in [3.8, 4) is 0 Å². The molecule has 0 radical (unpaired) electrons. The van der Waals surface area contributed by atoms with Gasteiger partial charge in [0.2, 0.25) is 11.8 Å². The Morgan fingerprint density at radius 1 is 1.30 bits per heavy atom. The zero-order valence-corrected chi connectivity index (χ0v) is 12.4. The zero-order chi connectivity index (χ0) is 15.1. The summed E-state index contributed by atoms with van der Waals surface area (Å²) in [7, 11) is 0. The molecule has 0 unspecified atom stereocenters. The molecule has 1 aromatic rings. The van der Waals surface area contributed by atoms with Crippen molar-refractivity contribution in [1.82, 2.24) is 10.6 Å². The van der Waals surface area contributed by atoms with E-state index in [9.17, 15) is 9.59 Å². The smallest absolute Gasteiger partial charge is 0.239 e. The number of halogens is 1. The van der Waals surface area contributed by atoms with Crippen LogP contribution in [0.25, 0.3) is 0 Å². The van der Waals surface area contributed by atoms with Crippen LogP contribution in [0.2, 0.25) is 5.02 Å². The van der Waals surface area contributed by atoms with Crippen LogP contribution < -0.4 is 16.4 Å². The van der Waals surface area contributed by atoms with Gasteiger partial charge in [-0.25, -0.2) is 0 Å². The highest BCUT2D eigenvalue weighted by Gasteiger charge is 2.17. The van der Waals surface area contributed by atoms with Crippen molar-refractivity contribution in [3.63, 3.8) is 0 Å². The summed E-state index contributed by atoms with van der Waals surface area (Å²) < 4.78 is 0. The van der Waals surface area contributed by atoms with Crippen molar-refractivity contribution in [3.05, 3.63) is 34.9 Å². The van der Waals surface area contributed by atoms with Crippen LogP contribution in [0.3, 0.4) is 0 Å². The van der Waals surface area contributed by atoms with Gasteiger partial charge in [-0.3, -0.25) is 9.59 Å². The minimum Gasteiger partial charge on any atom is -0.350 e. The summed E-state index contributed by atoms with van der Waals surface area (Å²) in [6, 6.07) is 6.61. The lowest BCUT2D eigenvalue weighted by Gasteiger charge is -2.15. The molecular weight excluding hydrogens is 278 g/mol. The summed E-state index contributed by atoms with van der Waals surface area (Å²) in [5, 5.41) is 5.82. The predicted molar refractivity (Wildman–Crippen MR) is 79.1 cm³/mol. The van der Waals surface area contributed by atoms with Gasteiger partial charge in [-0.05, 0) is 23.6 Å². The molecule has 0 saturated heterocycles. The van der Waals surface area contributed by atoms with Crippen molar-refractivity contribution in [2.45, 2.75) is 26.4 Å². The molecule has 0 fully saturated rings. The molecule has 0 spiro atoms. The summed E-state index contributed by atoms with van der Waals surface area (Å²) in [5.41, 5.74) is 6.57. The molecule has 1 rings (SSSR count). The van der Waals surface area contributed by atoms with E-state index in [0.717, 1.165) is 5.56 Å². The maximum Gasteiger partial charge on any atom is 0.239 e. The standard InChI is InChI=1S/C14H20ClN3O2/c1-9(2)13(16)14(20)18-8-12(19)17-7-10-4-3-5-11(15)6-10/h3-6,9,13H,7-8,16H2,1-2H3,(H,17,19)(H,18,20)/t13-/m0/s1. The van der Waals surface area contributed by atoms with E-state index in [0.29, 0.717) is 11.6 Å². The van der Waals surface area contributed by atoms with Gasteiger partial charge < -0.3 is 16.4 Å². The molecule has 0 aliphatic rings. The highest BCUT2D eigenvalue weighted by molar-refractivity contribution is 6.30. The first-order valence-electron chi connectivity index (χ1n) is 6.44. The number of nitrogens with one attached hydrogen (secondary N) is 2. The van der Waals surface area contributed by atoms with E-state index in [1.165, 1.54) is 0 Å². The average molecular weight is 298 g/mol. The Labute approximate surface area is 123 Å². The number of carbonyl (C=O) groups excluding carboxylic acids is 2. The Morgan fingerprint density at radius 3 is 2.60 bits per heavy atom. The molecule has 1 atom stereocenters. The molecule has 0 aromatic heterocycles. The Kier molecular flexibility index (Phi) is 6.48. The van der Waals surface area contributed by atoms with Gasteiger partial charge in [0.25, 0.3) is 0 Å². The third-order valence-corrected chi connectivity index (χ3v) is 3.06. The maximum absolute atomic E-state index is 11.6. The summed E-state index contributed by atoms with van der Waals surface area (Å²) in [4.78, 5) is 23.2. The molecule has 0 aliphatic heterocycles. The van der Waals surface area contributed by atoms with Crippen molar-refractivity contribution in [2.75, 3.05) is 6.54 Å². The van der Waals surface area contributed by atoms with Gasteiger partial charge in [0, 0.05) is 11.6 Å². The molecule has 0 bridgehead atoms. The Morgan fingerprint density at radius 2 is 2.00 bits per heavy atom. The molecule has 0 aliphatic carbocycles. The molecule has 0 saturated carbocycles. The number of amides is 2. The SMILES string of the molecule is CC(C)[C@H](N)C(=O)NCC(=O)NCc1cccc(Cl)c1. The summed E-state index contributed by atoms with van der Waals surface area (Å²) in [6.07, 6.45) is 0. The molecule has 20 heavy (non-hydrogen) atoms. The predicted octanol–water partition coefficient (Wildman–Crippen LogP) is 1.06. The van der Waals surface area contributed by atoms with Crippen LogP contribution in [-0.2, 0) is 16.1 Å². The normalized spacial score (nSPS) is 12.1. The van der Waals surface area contributed by atoms with Crippen LogP contribution >= 0.6 is 11.6 Å². The van der Waals surface area contributed by atoms with Gasteiger partial charge in [0.1, 0.15) is 0 Å². The molecule has 0 heterocycles. The third kappa shape index (κ3) is 5.59. The quantitative estimate of drug-likeness (QED) is 0.734. The highest BCUT2D eigenvalue weighted by atomic mass is 35.5. The third-order valence-electron chi connectivity index (χ3n) is 2.82. The van der Waals surface area contributed by atoms with Gasteiger partial charge in [0.15, 0.2) is 0 Å². The summed E-state index contributed by atoms with van der Waals surface area (Å²) >= 11 is 5.84. The summed E-state index contributed by atoms with van der Waals surface area (Å²) in [5.74, 6) is -0.559. The lowest BCUT2D eigenvalue weighted by Crippen LogP contribution is -2.47. The first kappa shape index (κ1) is 16.5. The van der Waals surface area contributed by atoms with Crippen LogP contribution in [0.4, 0.5) is 0 Å². The van der Waals surface area contributed by atoms with Crippen LogP contribution in [0.5, 0.6) is 0 Å². The van der Waals surface area contributed by atoms with E-state index in [4.69, 9.17) is 17.3 Å². The topological polar surface area (TPSA) is 84.2 Å². The van der Waals surface area contributed by atoms with Gasteiger partial charge >= 0.3 is 0 Å².